The number of carbonyl (C=O) groups is 2. The number of carbonyl (C=O) groups excluding carboxylic acids is 2. The van der Waals surface area contributed by atoms with Crippen molar-refractivity contribution in [3.63, 3.8) is 0 Å². The zero-order valence-corrected chi connectivity index (χ0v) is 16.0. The lowest BCUT2D eigenvalue weighted by molar-refractivity contribution is -0.157. The lowest BCUT2D eigenvalue weighted by Gasteiger charge is -2.29. The third-order valence-corrected chi connectivity index (χ3v) is 5.65. The summed E-state index contributed by atoms with van der Waals surface area (Å²) in [5.74, 6) is -0.436. The van der Waals surface area contributed by atoms with Crippen molar-refractivity contribution >= 4 is 18.0 Å². The van der Waals surface area contributed by atoms with Gasteiger partial charge in [-0.05, 0) is 55.7 Å². The Hall–Kier alpha value is -2.14. The molecule has 0 heterocycles. The Morgan fingerprint density at radius 1 is 1.11 bits per heavy atom. The Morgan fingerprint density at radius 2 is 1.78 bits per heavy atom. The predicted molar refractivity (Wildman–Crippen MR) is 104 cm³/mol. The van der Waals surface area contributed by atoms with Crippen LogP contribution < -0.4 is 5.32 Å². The van der Waals surface area contributed by atoms with Gasteiger partial charge in [-0.25, -0.2) is 4.79 Å². The van der Waals surface area contributed by atoms with Gasteiger partial charge in [-0.3, -0.25) is 10.1 Å². The van der Waals surface area contributed by atoms with Crippen LogP contribution in [-0.2, 0) is 25.6 Å². The first-order valence-electron chi connectivity index (χ1n) is 9.92. The summed E-state index contributed by atoms with van der Waals surface area (Å²) < 4.78 is 10.4. The molecule has 27 heavy (non-hydrogen) atoms. The first-order valence-corrected chi connectivity index (χ1v) is 9.92. The maximum absolute atomic E-state index is 12.8. The van der Waals surface area contributed by atoms with E-state index in [-0.39, 0.29) is 18.0 Å². The van der Waals surface area contributed by atoms with Gasteiger partial charge in [-0.1, -0.05) is 37.1 Å². The first kappa shape index (κ1) is 19.6. The molecule has 0 aromatic heterocycles. The van der Waals surface area contributed by atoms with Crippen LogP contribution in [-0.4, -0.2) is 30.7 Å². The third kappa shape index (κ3) is 5.19. The van der Waals surface area contributed by atoms with E-state index in [1.807, 2.05) is 24.3 Å². The van der Waals surface area contributed by atoms with E-state index in [0.29, 0.717) is 6.54 Å². The molecule has 0 spiro atoms. The Morgan fingerprint density at radius 3 is 2.41 bits per heavy atom. The number of hydrogen-bond donors (Lipinski definition) is 1. The van der Waals surface area contributed by atoms with Gasteiger partial charge >= 0.3 is 11.9 Å². The second kappa shape index (κ2) is 9.18. The Balaban J connectivity index is 1.58. The number of benzene rings is 1. The molecule has 0 amide bonds. The molecule has 1 aromatic rings. The zero-order chi connectivity index (χ0) is 19.1. The Kier molecular flexibility index (Phi) is 6.67. The summed E-state index contributed by atoms with van der Waals surface area (Å²) in [7, 11) is 1.36. The molecule has 0 unspecified atom stereocenters. The van der Waals surface area contributed by atoms with E-state index >= 15 is 0 Å². The van der Waals surface area contributed by atoms with Crippen LogP contribution in [0.5, 0.6) is 0 Å². The molecule has 1 aromatic carbocycles. The molecule has 5 heteroatoms. The number of hydrogen-bond acceptors (Lipinski definition) is 5. The molecule has 0 radical (unpaired) electrons. The van der Waals surface area contributed by atoms with Gasteiger partial charge in [0.1, 0.15) is 11.6 Å². The van der Waals surface area contributed by atoms with E-state index < -0.39 is 5.54 Å². The van der Waals surface area contributed by atoms with E-state index in [2.05, 4.69) is 10.1 Å². The topological polar surface area (TPSA) is 64.6 Å². The Labute approximate surface area is 161 Å². The summed E-state index contributed by atoms with van der Waals surface area (Å²) in [6, 6.07) is 7.92. The van der Waals surface area contributed by atoms with Crippen LogP contribution >= 0.6 is 0 Å². The van der Waals surface area contributed by atoms with Crippen LogP contribution in [0.2, 0.25) is 0 Å². The lowest BCUT2D eigenvalue weighted by Crippen LogP contribution is -2.51. The summed E-state index contributed by atoms with van der Waals surface area (Å²) in [5, 5.41) is 3.50. The lowest BCUT2D eigenvalue weighted by atomic mass is 9.97. The highest BCUT2D eigenvalue weighted by atomic mass is 16.5. The van der Waals surface area contributed by atoms with Gasteiger partial charge in [0.05, 0.1) is 7.11 Å². The second-order valence-electron chi connectivity index (χ2n) is 7.55. The van der Waals surface area contributed by atoms with Gasteiger partial charge in [0, 0.05) is 12.6 Å². The Bertz CT molecular complexity index is 668. The van der Waals surface area contributed by atoms with E-state index in [4.69, 9.17) is 4.74 Å². The monoisotopic (exact) mass is 371 g/mol. The number of methoxy groups -OCH3 is 1. The number of nitrogens with one attached hydrogen (secondary N) is 1. The summed E-state index contributed by atoms with van der Waals surface area (Å²) in [4.78, 5) is 24.0. The van der Waals surface area contributed by atoms with E-state index in [9.17, 15) is 9.59 Å². The largest absolute Gasteiger partial charge is 0.466 e. The predicted octanol–water partition coefficient (Wildman–Crippen LogP) is 3.76. The molecule has 2 aliphatic rings. The normalized spacial score (nSPS) is 19.4. The van der Waals surface area contributed by atoms with Crippen molar-refractivity contribution in [2.24, 2.45) is 0 Å². The zero-order valence-electron chi connectivity index (χ0n) is 16.0. The van der Waals surface area contributed by atoms with Crippen LogP contribution in [0, 0.1) is 0 Å². The standard InChI is InChI=1S/C22H29NO4/c1-26-20(24)13-12-17-8-10-18(11-9-17)16-23-22(14-4-5-15-22)21(25)27-19-6-2-3-7-19/h8-13,19,23H,2-7,14-16H2,1H3/b13-12+. The van der Waals surface area contributed by atoms with Crippen LogP contribution in [0.15, 0.2) is 30.3 Å². The van der Waals surface area contributed by atoms with E-state index in [0.717, 1.165) is 62.5 Å². The van der Waals surface area contributed by atoms with Crippen molar-refractivity contribution in [2.75, 3.05) is 7.11 Å². The second-order valence-corrected chi connectivity index (χ2v) is 7.55. The highest BCUT2D eigenvalue weighted by molar-refractivity contribution is 5.86. The van der Waals surface area contributed by atoms with Gasteiger partial charge < -0.3 is 9.47 Å². The molecule has 5 nitrogen and oxygen atoms in total. The molecule has 146 valence electrons. The average molecular weight is 371 g/mol. The molecule has 0 aliphatic heterocycles. The van der Waals surface area contributed by atoms with Gasteiger partial charge in [0.25, 0.3) is 0 Å². The molecule has 2 aliphatic carbocycles. The summed E-state index contributed by atoms with van der Waals surface area (Å²) in [6.07, 6.45) is 11.4. The number of ether oxygens (including phenoxy) is 2. The van der Waals surface area contributed by atoms with Gasteiger partial charge in [0.15, 0.2) is 0 Å². The number of rotatable bonds is 7. The smallest absolute Gasteiger partial charge is 0.330 e. The van der Waals surface area contributed by atoms with E-state index in [1.165, 1.54) is 13.2 Å². The van der Waals surface area contributed by atoms with Crippen molar-refractivity contribution in [3.8, 4) is 0 Å². The molecule has 1 N–H and O–H groups in total. The quantitative estimate of drug-likeness (QED) is 0.584. The molecular formula is C22H29NO4. The van der Waals surface area contributed by atoms with Crippen molar-refractivity contribution in [1.29, 1.82) is 0 Å². The summed E-state index contributed by atoms with van der Waals surface area (Å²) >= 11 is 0. The van der Waals surface area contributed by atoms with Crippen LogP contribution in [0.1, 0.15) is 62.5 Å². The van der Waals surface area contributed by atoms with Gasteiger partial charge in [-0.2, -0.15) is 0 Å². The van der Waals surface area contributed by atoms with Crippen molar-refractivity contribution < 1.29 is 19.1 Å². The highest BCUT2D eigenvalue weighted by Gasteiger charge is 2.43. The minimum atomic E-state index is -0.536. The fourth-order valence-corrected chi connectivity index (χ4v) is 3.95. The molecular weight excluding hydrogens is 342 g/mol. The maximum Gasteiger partial charge on any atom is 0.330 e. The summed E-state index contributed by atoms with van der Waals surface area (Å²) in [5.41, 5.74) is 1.50. The third-order valence-electron chi connectivity index (χ3n) is 5.65. The van der Waals surface area contributed by atoms with Crippen molar-refractivity contribution in [2.45, 2.75) is 69.6 Å². The summed E-state index contributed by atoms with van der Waals surface area (Å²) in [6.45, 7) is 0.626. The minimum Gasteiger partial charge on any atom is -0.466 e. The highest BCUT2D eigenvalue weighted by Crippen LogP contribution is 2.33. The first-order chi connectivity index (χ1) is 13.1. The fraction of sp³-hybridized carbons (Fsp3) is 0.545. The van der Waals surface area contributed by atoms with Gasteiger partial charge in [-0.15, -0.1) is 0 Å². The molecule has 2 saturated carbocycles. The van der Waals surface area contributed by atoms with Crippen molar-refractivity contribution in [3.05, 3.63) is 41.5 Å². The molecule has 0 atom stereocenters. The van der Waals surface area contributed by atoms with Crippen LogP contribution in [0.25, 0.3) is 6.08 Å². The van der Waals surface area contributed by atoms with Crippen LogP contribution in [0.3, 0.4) is 0 Å². The van der Waals surface area contributed by atoms with Crippen LogP contribution in [0.4, 0.5) is 0 Å². The molecule has 3 rings (SSSR count). The van der Waals surface area contributed by atoms with E-state index in [1.54, 1.807) is 6.08 Å². The maximum atomic E-state index is 12.8. The minimum absolute atomic E-state index is 0.0652. The van der Waals surface area contributed by atoms with Crippen molar-refractivity contribution in [1.82, 2.24) is 5.32 Å². The molecule has 0 bridgehead atoms. The molecule has 2 fully saturated rings. The number of esters is 2. The fourth-order valence-electron chi connectivity index (χ4n) is 3.95. The SMILES string of the molecule is COC(=O)/C=C/c1ccc(CNC2(C(=O)OC3CCCC3)CCCC2)cc1. The molecule has 0 saturated heterocycles. The van der Waals surface area contributed by atoms with Gasteiger partial charge in [0.2, 0.25) is 0 Å². The average Bonchev–Trinajstić information content (AvgIpc) is 3.38.